The predicted molar refractivity (Wildman–Crippen MR) is 55.1 cm³/mol. The molecule has 1 saturated carbocycles. The van der Waals surface area contributed by atoms with Crippen molar-refractivity contribution >= 4 is 15.9 Å². The molecule has 15 heavy (non-hydrogen) atoms. The molecule has 2 aliphatic rings. The highest BCUT2D eigenvalue weighted by Gasteiger charge is 2.48. The van der Waals surface area contributed by atoms with E-state index in [1.54, 1.807) is 6.07 Å². The number of phenolic OH excluding ortho intramolecular Hbond substituents is 1. The lowest BCUT2D eigenvalue weighted by molar-refractivity contribution is 0.137. The molecule has 0 saturated heterocycles. The maximum Gasteiger partial charge on any atom is 0.231 e. The van der Waals surface area contributed by atoms with E-state index >= 15 is 0 Å². The molecule has 0 aromatic heterocycles. The third-order valence-electron chi connectivity index (χ3n) is 2.78. The minimum absolute atomic E-state index is 0.0410. The Morgan fingerprint density at radius 1 is 1.33 bits per heavy atom. The minimum atomic E-state index is -0.939. The zero-order valence-electron chi connectivity index (χ0n) is 7.79. The predicted octanol–water partition coefficient (Wildman–Crippen LogP) is 1.86. The standard InChI is InChI=1S/C10H9BrO4/c11-5-3-6-9(15-4-14-6)7(8(5)12)10(13)1-2-10/h3,12-13H,1-2,4H2. The summed E-state index contributed by atoms with van der Waals surface area (Å²) in [5.74, 6) is 1.07. The first-order valence-corrected chi connectivity index (χ1v) is 5.45. The summed E-state index contributed by atoms with van der Waals surface area (Å²) in [6.07, 6.45) is 1.29. The van der Waals surface area contributed by atoms with Crippen molar-refractivity contribution in [1.82, 2.24) is 0 Å². The molecule has 0 spiro atoms. The van der Waals surface area contributed by atoms with Gasteiger partial charge in [0.2, 0.25) is 6.79 Å². The van der Waals surface area contributed by atoms with Crippen molar-refractivity contribution in [3.05, 3.63) is 16.1 Å². The molecule has 1 aromatic carbocycles. The Bertz CT molecular complexity index is 440. The Morgan fingerprint density at radius 3 is 2.73 bits per heavy atom. The number of ether oxygens (including phenoxy) is 2. The second-order valence-electron chi connectivity index (χ2n) is 3.85. The van der Waals surface area contributed by atoms with Crippen LogP contribution in [-0.4, -0.2) is 17.0 Å². The molecular weight excluding hydrogens is 264 g/mol. The van der Waals surface area contributed by atoms with Crippen LogP contribution in [0.3, 0.4) is 0 Å². The molecule has 80 valence electrons. The van der Waals surface area contributed by atoms with Crippen LogP contribution in [0.5, 0.6) is 17.2 Å². The van der Waals surface area contributed by atoms with Gasteiger partial charge in [-0.05, 0) is 28.8 Å². The monoisotopic (exact) mass is 272 g/mol. The highest BCUT2D eigenvalue weighted by Crippen LogP contribution is 2.57. The fourth-order valence-corrected chi connectivity index (χ4v) is 2.21. The second kappa shape index (κ2) is 2.80. The third-order valence-corrected chi connectivity index (χ3v) is 3.38. The minimum Gasteiger partial charge on any atom is -0.506 e. The van der Waals surface area contributed by atoms with Crippen LogP contribution in [0.15, 0.2) is 10.5 Å². The molecule has 1 aromatic rings. The van der Waals surface area contributed by atoms with Crippen molar-refractivity contribution in [3.63, 3.8) is 0 Å². The van der Waals surface area contributed by atoms with Gasteiger partial charge in [-0.15, -0.1) is 0 Å². The number of aliphatic hydroxyl groups is 1. The molecule has 2 N–H and O–H groups in total. The summed E-state index contributed by atoms with van der Waals surface area (Å²) < 4.78 is 11.0. The van der Waals surface area contributed by atoms with Gasteiger partial charge in [-0.25, -0.2) is 0 Å². The lowest BCUT2D eigenvalue weighted by Crippen LogP contribution is -2.06. The van der Waals surface area contributed by atoms with Crippen LogP contribution < -0.4 is 9.47 Å². The largest absolute Gasteiger partial charge is 0.506 e. The van der Waals surface area contributed by atoms with Gasteiger partial charge in [-0.1, -0.05) is 0 Å². The van der Waals surface area contributed by atoms with Gasteiger partial charge in [-0.3, -0.25) is 0 Å². The lowest BCUT2D eigenvalue weighted by Gasteiger charge is -2.14. The number of halogens is 1. The highest BCUT2D eigenvalue weighted by atomic mass is 79.9. The quantitative estimate of drug-likeness (QED) is 0.820. The van der Waals surface area contributed by atoms with Gasteiger partial charge >= 0.3 is 0 Å². The third kappa shape index (κ3) is 1.23. The normalized spacial score (nSPS) is 20.4. The Hall–Kier alpha value is -0.940. The van der Waals surface area contributed by atoms with Gasteiger partial charge in [0.05, 0.1) is 15.6 Å². The van der Waals surface area contributed by atoms with Gasteiger partial charge < -0.3 is 19.7 Å². The van der Waals surface area contributed by atoms with Crippen LogP contribution >= 0.6 is 15.9 Å². The van der Waals surface area contributed by atoms with Crippen molar-refractivity contribution < 1.29 is 19.7 Å². The first-order valence-electron chi connectivity index (χ1n) is 4.66. The molecule has 4 nitrogen and oxygen atoms in total. The average molecular weight is 273 g/mol. The Kier molecular flexibility index (Phi) is 1.73. The van der Waals surface area contributed by atoms with Crippen LogP contribution in [0.1, 0.15) is 18.4 Å². The van der Waals surface area contributed by atoms with Crippen molar-refractivity contribution in [3.8, 4) is 17.2 Å². The van der Waals surface area contributed by atoms with Crippen LogP contribution in [0.25, 0.3) is 0 Å². The van der Waals surface area contributed by atoms with E-state index in [0.29, 0.717) is 34.4 Å². The number of aromatic hydroxyl groups is 1. The van der Waals surface area contributed by atoms with E-state index in [-0.39, 0.29) is 12.5 Å². The molecule has 0 atom stereocenters. The molecule has 1 aliphatic carbocycles. The summed E-state index contributed by atoms with van der Waals surface area (Å²) in [7, 11) is 0. The molecule has 1 heterocycles. The number of benzene rings is 1. The molecule has 1 aliphatic heterocycles. The second-order valence-corrected chi connectivity index (χ2v) is 4.70. The Balaban J connectivity index is 2.26. The molecule has 5 heteroatoms. The number of rotatable bonds is 1. The molecule has 0 bridgehead atoms. The van der Waals surface area contributed by atoms with Crippen molar-refractivity contribution in [2.24, 2.45) is 0 Å². The summed E-state index contributed by atoms with van der Waals surface area (Å²) in [5.41, 5.74) is -0.490. The zero-order valence-corrected chi connectivity index (χ0v) is 9.37. The van der Waals surface area contributed by atoms with Crippen molar-refractivity contribution in [1.29, 1.82) is 0 Å². The molecule has 1 fully saturated rings. The van der Waals surface area contributed by atoms with Crippen LogP contribution in [0.2, 0.25) is 0 Å². The van der Waals surface area contributed by atoms with Crippen LogP contribution in [-0.2, 0) is 5.60 Å². The van der Waals surface area contributed by atoms with E-state index in [1.165, 1.54) is 0 Å². The summed E-state index contributed by atoms with van der Waals surface area (Å²) >= 11 is 3.22. The number of fused-ring (bicyclic) bond motifs is 1. The van der Waals surface area contributed by atoms with E-state index in [2.05, 4.69) is 15.9 Å². The maximum absolute atomic E-state index is 10.1. The topological polar surface area (TPSA) is 58.9 Å². The van der Waals surface area contributed by atoms with Gasteiger partial charge in [0.15, 0.2) is 11.5 Å². The summed E-state index contributed by atoms with van der Waals surface area (Å²) in [5, 5.41) is 19.9. The first kappa shape index (κ1) is 9.30. The lowest BCUT2D eigenvalue weighted by atomic mass is 10.0. The Labute approximate surface area is 94.6 Å². The van der Waals surface area contributed by atoms with E-state index in [9.17, 15) is 10.2 Å². The first-order chi connectivity index (χ1) is 7.12. The Morgan fingerprint density at radius 2 is 2.07 bits per heavy atom. The summed E-state index contributed by atoms with van der Waals surface area (Å²) in [4.78, 5) is 0. The summed E-state index contributed by atoms with van der Waals surface area (Å²) in [6.45, 7) is 0.133. The molecule has 0 radical (unpaired) electrons. The number of hydrogen-bond donors (Lipinski definition) is 2. The van der Waals surface area contributed by atoms with Gasteiger partial charge in [0.1, 0.15) is 5.75 Å². The van der Waals surface area contributed by atoms with Crippen LogP contribution in [0.4, 0.5) is 0 Å². The molecule has 0 amide bonds. The number of phenols is 1. The van der Waals surface area contributed by atoms with Crippen molar-refractivity contribution in [2.45, 2.75) is 18.4 Å². The fourth-order valence-electron chi connectivity index (χ4n) is 1.80. The average Bonchev–Trinajstić information content (AvgIpc) is 2.76. The smallest absolute Gasteiger partial charge is 0.231 e. The highest BCUT2D eigenvalue weighted by molar-refractivity contribution is 9.10. The maximum atomic E-state index is 10.1. The molecule has 0 unspecified atom stereocenters. The van der Waals surface area contributed by atoms with E-state index in [1.807, 2.05) is 0 Å². The molecule has 3 rings (SSSR count). The SMILES string of the molecule is Oc1c(Br)cc2c(c1C1(O)CC1)OCO2. The van der Waals surface area contributed by atoms with E-state index < -0.39 is 5.60 Å². The fraction of sp³-hybridized carbons (Fsp3) is 0.400. The summed E-state index contributed by atoms with van der Waals surface area (Å²) in [6, 6.07) is 1.65. The zero-order chi connectivity index (χ0) is 10.6. The van der Waals surface area contributed by atoms with Crippen molar-refractivity contribution in [2.75, 3.05) is 6.79 Å². The molecular formula is C10H9BrO4. The van der Waals surface area contributed by atoms with Gasteiger partial charge in [-0.2, -0.15) is 0 Å². The number of hydrogen-bond acceptors (Lipinski definition) is 4. The van der Waals surface area contributed by atoms with Crippen LogP contribution in [0, 0.1) is 0 Å². The van der Waals surface area contributed by atoms with E-state index in [0.717, 1.165) is 0 Å². The van der Waals surface area contributed by atoms with E-state index in [4.69, 9.17) is 9.47 Å². The van der Waals surface area contributed by atoms with Gasteiger partial charge in [0.25, 0.3) is 0 Å². The van der Waals surface area contributed by atoms with Gasteiger partial charge in [0, 0.05) is 6.07 Å².